The van der Waals surface area contributed by atoms with E-state index in [9.17, 15) is 0 Å². The highest BCUT2D eigenvalue weighted by molar-refractivity contribution is 5.69. The van der Waals surface area contributed by atoms with Gasteiger partial charge in [0.2, 0.25) is 0 Å². The Kier molecular flexibility index (Phi) is 2.97. The number of anilines is 1. The van der Waals surface area contributed by atoms with E-state index in [1.165, 1.54) is 11.1 Å². The van der Waals surface area contributed by atoms with Gasteiger partial charge < -0.3 is 10.5 Å². The lowest BCUT2D eigenvalue weighted by molar-refractivity contribution is 0.121. The van der Waals surface area contributed by atoms with E-state index in [1.54, 1.807) is 6.20 Å². The van der Waals surface area contributed by atoms with Crippen molar-refractivity contribution in [1.82, 2.24) is 4.98 Å². The fourth-order valence-corrected chi connectivity index (χ4v) is 3.43. The molecule has 0 spiro atoms. The molecule has 1 aromatic heterocycles. The van der Waals surface area contributed by atoms with Gasteiger partial charge >= 0.3 is 0 Å². The number of pyridine rings is 1. The molecule has 2 N–H and O–H groups in total. The summed E-state index contributed by atoms with van der Waals surface area (Å²) in [5.74, 6) is 1.15. The molecule has 3 rings (SSSR count). The van der Waals surface area contributed by atoms with Crippen LogP contribution >= 0.6 is 0 Å². The van der Waals surface area contributed by atoms with E-state index < -0.39 is 0 Å². The topological polar surface area (TPSA) is 48.1 Å². The summed E-state index contributed by atoms with van der Waals surface area (Å²) in [6.07, 6.45) is 3.73. The van der Waals surface area contributed by atoms with Crippen LogP contribution in [0.3, 0.4) is 0 Å². The average Bonchev–Trinajstić information content (AvgIpc) is 2.75. The smallest absolute Gasteiger partial charge is 0.127 e. The monoisotopic (exact) mass is 282 g/mol. The standard InChI is InChI=1S/C18H22N2O/c1-10-11(2)17-14(12(3)16(10)19)15(18(4,5)21-17)13-7-6-8-20-9-13/h6-9,15H,19H2,1-5H3. The van der Waals surface area contributed by atoms with Crippen LogP contribution in [0, 0.1) is 20.8 Å². The second-order valence-corrected chi connectivity index (χ2v) is 6.46. The Morgan fingerprint density at radius 2 is 1.86 bits per heavy atom. The van der Waals surface area contributed by atoms with Gasteiger partial charge in [-0.25, -0.2) is 0 Å². The van der Waals surface area contributed by atoms with Gasteiger partial charge in [0, 0.05) is 23.6 Å². The number of ether oxygens (including phenoxy) is 1. The molecule has 0 aliphatic carbocycles. The highest BCUT2D eigenvalue weighted by Crippen LogP contribution is 2.52. The zero-order valence-electron chi connectivity index (χ0n) is 13.3. The van der Waals surface area contributed by atoms with Crippen LogP contribution in [0.25, 0.3) is 0 Å². The second kappa shape index (κ2) is 4.48. The van der Waals surface area contributed by atoms with Crippen LogP contribution in [-0.2, 0) is 0 Å². The molecule has 3 nitrogen and oxygen atoms in total. The van der Waals surface area contributed by atoms with Crippen molar-refractivity contribution < 1.29 is 4.74 Å². The van der Waals surface area contributed by atoms with Gasteiger partial charge in [-0.3, -0.25) is 4.98 Å². The van der Waals surface area contributed by atoms with Gasteiger partial charge in [0.15, 0.2) is 0 Å². The molecule has 1 aliphatic heterocycles. The van der Waals surface area contributed by atoms with Crippen LogP contribution in [0.1, 0.15) is 47.6 Å². The molecule has 1 aliphatic rings. The highest BCUT2D eigenvalue weighted by Gasteiger charge is 2.44. The predicted octanol–water partition coefficient (Wildman–Crippen LogP) is 3.89. The number of rotatable bonds is 1. The quantitative estimate of drug-likeness (QED) is 0.807. The van der Waals surface area contributed by atoms with Crippen LogP contribution in [0.15, 0.2) is 24.5 Å². The minimum atomic E-state index is -0.304. The molecule has 2 aromatic rings. The second-order valence-electron chi connectivity index (χ2n) is 6.46. The molecule has 0 amide bonds. The number of nitrogens with two attached hydrogens (primary N) is 1. The first kappa shape index (κ1) is 13.9. The van der Waals surface area contributed by atoms with E-state index in [4.69, 9.17) is 10.5 Å². The van der Waals surface area contributed by atoms with Crippen molar-refractivity contribution in [2.24, 2.45) is 0 Å². The first-order chi connectivity index (χ1) is 9.84. The van der Waals surface area contributed by atoms with E-state index in [0.717, 1.165) is 28.1 Å². The molecular formula is C18H22N2O. The third-order valence-electron chi connectivity index (χ3n) is 4.73. The Balaban J connectivity index is 2.31. The van der Waals surface area contributed by atoms with Crippen molar-refractivity contribution in [3.8, 4) is 5.75 Å². The largest absolute Gasteiger partial charge is 0.486 e. The fourth-order valence-electron chi connectivity index (χ4n) is 3.43. The van der Waals surface area contributed by atoms with E-state index >= 15 is 0 Å². The lowest BCUT2D eigenvalue weighted by Crippen LogP contribution is -2.31. The first-order valence-corrected chi connectivity index (χ1v) is 7.32. The summed E-state index contributed by atoms with van der Waals surface area (Å²) in [7, 11) is 0. The third-order valence-corrected chi connectivity index (χ3v) is 4.73. The molecule has 0 fully saturated rings. The van der Waals surface area contributed by atoms with Crippen molar-refractivity contribution in [3.05, 3.63) is 52.3 Å². The summed E-state index contributed by atoms with van der Waals surface area (Å²) in [6.45, 7) is 10.5. The minimum Gasteiger partial charge on any atom is -0.486 e. The molecule has 0 saturated heterocycles. The zero-order chi connectivity index (χ0) is 15.4. The fraction of sp³-hybridized carbons (Fsp3) is 0.389. The van der Waals surface area contributed by atoms with Crippen LogP contribution in [0.2, 0.25) is 0 Å². The number of benzene rings is 1. The Morgan fingerprint density at radius 3 is 2.48 bits per heavy atom. The maximum atomic E-state index is 6.33. The molecule has 110 valence electrons. The highest BCUT2D eigenvalue weighted by atomic mass is 16.5. The molecule has 1 unspecified atom stereocenters. The summed E-state index contributed by atoms with van der Waals surface area (Å²) in [6, 6.07) is 4.09. The van der Waals surface area contributed by atoms with E-state index in [1.807, 2.05) is 12.3 Å². The molecule has 2 heterocycles. The molecule has 0 bridgehead atoms. The summed E-state index contributed by atoms with van der Waals surface area (Å²) in [5.41, 5.74) is 12.7. The minimum absolute atomic E-state index is 0.155. The van der Waals surface area contributed by atoms with Crippen LogP contribution in [0.5, 0.6) is 5.75 Å². The van der Waals surface area contributed by atoms with Gasteiger partial charge in [0.1, 0.15) is 11.4 Å². The Hall–Kier alpha value is -2.03. The van der Waals surface area contributed by atoms with Gasteiger partial charge in [0.25, 0.3) is 0 Å². The summed E-state index contributed by atoms with van der Waals surface area (Å²) in [5, 5.41) is 0. The summed E-state index contributed by atoms with van der Waals surface area (Å²) >= 11 is 0. The van der Waals surface area contributed by atoms with Gasteiger partial charge in [-0.1, -0.05) is 6.07 Å². The van der Waals surface area contributed by atoms with Gasteiger partial charge in [-0.2, -0.15) is 0 Å². The van der Waals surface area contributed by atoms with Crippen molar-refractivity contribution in [1.29, 1.82) is 0 Å². The van der Waals surface area contributed by atoms with E-state index in [2.05, 4.69) is 45.7 Å². The SMILES string of the molecule is Cc1c(C)c2c(c(C)c1N)C(c1cccnc1)C(C)(C)O2. The van der Waals surface area contributed by atoms with E-state index in [-0.39, 0.29) is 11.5 Å². The molecule has 3 heteroatoms. The van der Waals surface area contributed by atoms with Gasteiger partial charge in [0.05, 0.1) is 5.92 Å². The lowest BCUT2D eigenvalue weighted by Gasteiger charge is -2.27. The number of fused-ring (bicyclic) bond motifs is 1. The first-order valence-electron chi connectivity index (χ1n) is 7.32. The van der Waals surface area contributed by atoms with Gasteiger partial charge in [-0.15, -0.1) is 0 Å². The van der Waals surface area contributed by atoms with Crippen LogP contribution < -0.4 is 10.5 Å². The van der Waals surface area contributed by atoms with Crippen molar-refractivity contribution in [2.45, 2.75) is 46.1 Å². The normalized spacial score (nSPS) is 19.2. The average molecular weight is 282 g/mol. The van der Waals surface area contributed by atoms with Crippen molar-refractivity contribution >= 4 is 5.69 Å². The predicted molar refractivity (Wildman–Crippen MR) is 85.9 cm³/mol. The zero-order valence-corrected chi connectivity index (χ0v) is 13.3. The molecule has 0 saturated carbocycles. The Morgan fingerprint density at radius 1 is 1.14 bits per heavy atom. The van der Waals surface area contributed by atoms with E-state index in [0.29, 0.717) is 0 Å². The molecular weight excluding hydrogens is 260 g/mol. The van der Waals surface area contributed by atoms with Crippen molar-refractivity contribution in [2.75, 3.05) is 5.73 Å². The number of nitrogen functional groups attached to an aromatic ring is 1. The third kappa shape index (κ3) is 1.91. The lowest BCUT2D eigenvalue weighted by atomic mass is 9.79. The molecule has 1 atom stereocenters. The van der Waals surface area contributed by atoms with Gasteiger partial charge in [-0.05, 0) is 62.9 Å². The summed E-state index contributed by atoms with van der Waals surface area (Å²) < 4.78 is 6.33. The molecule has 21 heavy (non-hydrogen) atoms. The molecule has 1 aromatic carbocycles. The Bertz CT molecular complexity index is 705. The number of aromatic nitrogens is 1. The number of hydrogen-bond acceptors (Lipinski definition) is 3. The molecule has 0 radical (unpaired) electrons. The Labute approximate surface area is 126 Å². The van der Waals surface area contributed by atoms with Crippen LogP contribution in [0.4, 0.5) is 5.69 Å². The maximum absolute atomic E-state index is 6.33. The van der Waals surface area contributed by atoms with Crippen LogP contribution in [-0.4, -0.2) is 10.6 Å². The van der Waals surface area contributed by atoms with Crippen molar-refractivity contribution in [3.63, 3.8) is 0 Å². The maximum Gasteiger partial charge on any atom is 0.127 e. The number of nitrogens with zero attached hydrogens (tertiary/aromatic N) is 1. The number of hydrogen-bond donors (Lipinski definition) is 1. The summed E-state index contributed by atoms with van der Waals surface area (Å²) in [4.78, 5) is 4.27.